The van der Waals surface area contributed by atoms with Gasteiger partial charge in [-0.2, -0.15) is 0 Å². The number of benzene rings is 1. The van der Waals surface area contributed by atoms with E-state index in [0.29, 0.717) is 6.04 Å². The summed E-state index contributed by atoms with van der Waals surface area (Å²) in [6, 6.07) is 9.22. The Morgan fingerprint density at radius 3 is 2.88 bits per heavy atom. The Labute approximate surface area is 95.9 Å². The highest BCUT2D eigenvalue weighted by molar-refractivity contribution is 5.41. The summed E-state index contributed by atoms with van der Waals surface area (Å²) in [5.74, 6) is 0. The molecular formula is C14H16N2. The van der Waals surface area contributed by atoms with Gasteiger partial charge in [0.1, 0.15) is 0 Å². The lowest BCUT2D eigenvalue weighted by atomic mass is 9.86. The van der Waals surface area contributed by atoms with Crippen molar-refractivity contribution < 1.29 is 0 Å². The van der Waals surface area contributed by atoms with Crippen LogP contribution in [0.2, 0.25) is 0 Å². The van der Waals surface area contributed by atoms with Crippen molar-refractivity contribution >= 4 is 0 Å². The molecule has 0 amide bonds. The molecule has 1 aliphatic rings. The standard InChI is InChI=1S/C14H16N2/c1-14(2)9-13(16-8-7-15-10-16)11-5-3-4-6-12(11)14/h3-8,10,13H,9H2,1-2H3. The van der Waals surface area contributed by atoms with E-state index >= 15 is 0 Å². The van der Waals surface area contributed by atoms with Gasteiger partial charge < -0.3 is 4.57 Å². The van der Waals surface area contributed by atoms with Gasteiger partial charge in [-0.1, -0.05) is 38.1 Å². The fraction of sp³-hybridized carbons (Fsp3) is 0.357. The van der Waals surface area contributed by atoms with Crippen molar-refractivity contribution in [1.29, 1.82) is 0 Å². The van der Waals surface area contributed by atoms with Crippen LogP contribution < -0.4 is 0 Å². The molecule has 0 spiro atoms. The fourth-order valence-corrected chi connectivity index (χ4v) is 2.83. The molecule has 1 heterocycles. The van der Waals surface area contributed by atoms with Crippen molar-refractivity contribution in [3.05, 3.63) is 54.1 Å². The van der Waals surface area contributed by atoms with Gasteiger partial charge in [0.05, 0.1) is 12.4 Å². The van der Waals surface area contributed by atoms with Crippen LogP contribution in [0.15, 0.2) is 43.0 Å². The quantitative estimate of drug-likeness (QED) is 0.710. The van der Waals surface area contributed by atoms with Crippen molar-refractivity contribution in [3.8, 4) is 0 Å². The molecule has 0 bridgehead atoms. The van der Waals surface area contributed by atoms with Crippen molar-refractivity contribution in [3.63, 3.8) is 0 Å². The van der Waals surface area contributed by atoms with Gasteiger partial charge in [0.25, 0.3) is 0 Å². The molecule has 0 N–H and O–H groups in total. The molecule has 16 heavy (non-hydrogen) atoms. The SMILES string of the molecule is CC1(C)CC(n2ccnc2)c2ccccc21. The zero-order valence-corrected chi connectivity index (χ0v) is 9.72. The Morgan fingerprint density at radius 2 is 2.12 bits per heavy atom. The number of aromatic nitrogens is 2. The maximum Gasteiger partial charge on any atom is 0.0951 e. The fourth-order valence-electron chi connectivity index (χ4n) is 2.83. The van der Waals surface area contributed by atoms with E-state index in [1.807, 2.05) is 12.5 Å². The van der Waals surface area contributed by atoms with Crippen LogP contribution in [-0.2, 0) is 5.41 Å². The summed E-state index contributed by atoms with van der Waals surface area (Å²) in [4.78, 5) is 4.15. The monoisotopic (exact) mass is 212 g/mol. The normalized spacial score (nSPS) is 22.0. The molecule has 2 aromatic rings. The second-order valence-electron chi connectivity index (χ2n) is 5.20. The zero-order valence-electron chi connectivity index (χ0n) is 9.72. The van der Waals surface area contributed by atoms with E-state index in [9.17, 15) is 0 Å². The highest BCUT2D eigenvalue weighted by Gasteiger charge is 2.36. The molecule has 0 aliphatic heterocycles. The van der Waals surface area contributed by atoms with E-state index in [1.165, 1.54) is 11.1 Å². The predicted octanol–water partition coefficient (Wildman–Crippen LogP) is 3.15. The van der Waals surface area contributed by atoms with Gasteiger partial charge in [0, 0.05) is 12.4 Å². The van der Waals surface area contributed by atoms with Crippen LogP contribution in [0.3, 0.4) is 0 Å². The highest BCUT2D eigenvalue weighted by atomic mass is 15.1. The van der Waals surface area contributed by atoms with Gasteiger partial charge >= 0.3 is 0 Å². The first-order valence-electron chi connectivity index (χ1n) is 5.75. The number of fused-ring (bicyclic) bond motifs is 1. The Hall–Kier alpha value is -1.57. The summed E-state index contributed by atoms with van der Waals surface area (Å²) in [6.45, 7) is 4.64. The summed E-state index contributed by atoms with van der Waals surface area (Å²) < 4.78 is 2.22. The second kappa shape index (κ2) is 3.21. The van der Waals surface area contributed by atoms with Crippen LogP contribution in [-0.4, -0.2) is 9.55 Å². The largest absolute Gasteiger partial charge is 0.330 e. The van der Waals surface area contributed by atoms with Crippen molar-refractivity contribution in [1.82, 2.24) is 9.55 Å². The minimum Gasteiger partial charge on any atom is -0.330 e. The average molecular weight is 212 g/mol. The zero-order chi connectivity index (χ0) is 11.2. The van der Waals surface area contributed by atoms with Crippen LogP contribution in [0.1, 0.15) is 37.4 Å². The Balaban J connectivity index is 2.13. The summed E-state index contributed by atoms with van der Waals surface area (Å²) in [5.41, 5.74) is 3.20. The molecule has 3 rings (SSSR count). The van der Waals surface area contributed by atoms with Crippen LogP contribution >= 0.6 is 0 Å². The van der Waals surface area contributed by atoms with Gasteiger partial charge in [-0.05, 0) is 23.0 Å². The maximum absolute atomic E-state index is 4.15. The lowest BCUT2D eigenvalue weighted by Gasteiger charge is -2.19. The van der Waals surface area contributed by atoms with Crippen LogP contribution in [0.25, 0.3) is 0 Å². The molecule has 1 aromatic carbocycles. The van der Waals surface area contributed by atoms with Crippen molar-refractivity contribution in [2.45, 2.75) is 31.7 Å². The van der Waals surface area contributed by atoms with E-state index in [0.717, 1.165) is 6.42 Å². The van der Waals surface area contributed by atoms with Crippen molar-refractivity contribution in [2.24, 2.45) is 0 Å². The summed E-state index contributed by atoms with van der Waals surface area (Å²) in [6.07, 6.45) is 6.99. The number of nitrogens with zero attached hydrogens (tertiary/aromatic N) is 2. The molecular weight excluding hydrogens is 196 g/mol. The van der Waals surface area contributed by atoms with Crippen molar-refractivity contribution in [2.75, 3.05) is 0 Å². The van der Waals surface area contributed by atoms with Crippen LogP contribution in [0.5, 0.6) is 0 Å². The van der Waals surface area contributed by atoms with E-state index in [4.69, 9.17) is 0 Å². The number of imidazole rings is 1. The molecule has 1 aliphatic carbocycles. The smallest absolute Gasteiger partial charge is 0.0951 e. The summed E-state index contributed by atoms with van der Waals surface area (Å²) in [7, 11) is 0. The molecule has 0 fully saturated rings. The number of hydrogen-bond acceptors (Lipinski definition) is 1. The third-order valence-corrected chi connectivity index (χ3v) is 3.64. The molecule has 2 heteroatoms. The minimum absolute atomic E-state index is 0.269. The van der Waals surface area contributed by atoms with Gasteiger partial charge in [-0.3, -0.25) is 0 Å². The Morgan fingerprint density at radius 1 is 1.31 bits per heavy atom. The van der Waals surface area contributed by atoms with Gasteiger partial charge in [-0.15, -0.1) is 0 Å². The van der Waals surface area contributed by atoms with Gasteiger partial charge in [0.2, 0.25) is 0 Å². The van der Waals surface area contributed by atoms with E-state index < -0.39 is 0 Å². The third kappa shape index (κ3) is 1.29. The third-order valence-electron chi connectivity index (χ3n) is 3.64. The lowest BCUT2D eigenvalue weighted by Crippen LogP contribution is -2.13. The molecule has 2 nitrogen and oxygen atoms in total. The Bertz CT molecular complexity index is 497. The first kappa shape index (κ1) is 9.64. The molecule has 0 saturated carbocycles. The van der Waals surface area contributed by atoms with Crippen LogP contribution in [0.4, 0.5) is 0 Å². The Kier molecular flexibility index (Phi) is 1.93. The van der Waals surface area contributed by atoms with E-state index in [2.05, 4.69) is 53.9 Å². The molecule has 1 aromatic heterocycles. The maximum atomic E-state index is 4.15. The van der Waals surface area contributed by atoms with E-state index in [1.54, 1.807) is 0 Å². The highest BCUT2D eigenvalue weighted by Crippen LogP contribution is 2.45. The van der Waals surface area contributed by atoms with Gasteiger partial charge in [0.15, 0.2) is 0 Å². The average Bonchev–Trinajstić information content (AvgIpc) is 2.86. The lowest BCUT2D eigenvalue weighted by molar-refractivity contribution is 0.443. The summed E-state index contributed by atoms with van der Waals surface area (Å²) in [5, 5.41) is 0. The topological polar surface area (TPSA) is 17.8 Å². The first-order valence-corrected chi connectivity index (χ1v) is 5.75. The molecule has 1 unspecified atom stereocenters. The van der Waals surface area contributed by atoms with E-state index in [-0.39, 0.29) is 5.41 Å². The van der Waals surface area contributed by atoms with Gasteiger partial charge in [-0.25, -0.2) is 4.98 Å². The first-order chi connectivity index (χ1) is 7.68. The molecule has 0 radical (unpaired) electrons. The summed E-state index contributed by atoms with van der Waals surface area (Å²) >= 11 is 0. The molecule has 0 saturated heterocycles. The molecule has 1 atom stereocenters. The number of hydrogen-bond donors (Lipinski definition) is 0. The van der Waals surface area contributed by atoms with Crippen LogP contribution in [0, 0.1) is 0 Å². The molecule has 82 valence electrons. The minimum atomic E-state index is 0.269. The second-order valence-corrected chi connectivity index (χ2v) is 5.20. The predicted molar refractivity (Wildman–Crippen MR) is 64.5 cm³/mol. The number of rotatable bonds is 1.